The molecule has 0 aliphatic rings. The highest BCUT2D eigenvalue weighted by Crippen LogP contribution is 2.22. The Labute approximate surface area is 125 Å². The summed E-state index contributed by atoms with van der Waals surface area (Å²) in [5.74, 6) is 0.232. The summed E-state index contributed by atoms with van der Waals surface area (Å²) in [6.45, 7) is 5.54. The van der Waals surface area contributed by atoms with Crippen molar-refractivity contribution >= 4 is 17.5 Å². The molecule has 0 heterocycles. The molecule has 0 spiro atoms. The number of para-hydroxylation sites is 2. The molecule has 3 N–H and O–H groups in total. The van der Waals surface area contributed by atoms with Crippen molar-refractivity contribution in [1.82, 2.24) is 10.6 Å². The Hall–Kier alpha value is -2.08. The first-order valence-corrected chi connectivity index (χ1v) is 6.90. The molecule has 0 fully saturated rings. The molecule has 0 saturated carbocycles. The van der Waals surface area contributed by atoms with Crippen LogP contribution in [0.4, 0.5) is 5.69 Å². The van der Waals surface area contributed by atoms with Crippen LogP contribution in [0, 0.1) is 0 Å². The van der Waals surface area contributed by atoms with Gasteiger partial charge in [0.2, 0.25) is 11.8 Å². The van der Waals surface area contributed by atoms with Crippen molar-refractivity contribution in [3.63, 3.8) is 0 Å². The maximum Gasteiger partial charge on any atom is 0.238 e. The van der Waals surface area contributed by atoms with E-state index in [2.05, 4.69) is 16.0 Å². The summed E-state index contributed by atoms with van der Waals surface area (Å²) in [6, 6.07) is 6.79. The maximum atomic E-state index is 11.9. The smallest absolute Gasteiger partial charge is 0.238 e. The van der Waals surface area contributed by atoms with Crippen LogP contribution in [-0.2, 0) is 9.59 Å². The minimum absolute atomic E-state index is 0.0464. The van der Waals surface area contributed by atoms with Crippen molar-refractivity contribution in [3.05, 3.63) is 24.3 Å². The fraction of sp³-hybridized carbons (Fsp3) is 0.467. The number of hydrogen-bond acceptors (Lipinski definition) is 4. The average Bonchev–Trinajstić information content (AvgIpc) is 2.44. The van der Waals surface area contributed by atoms with Crippen molar-refractivity contribution in [1.29, 1.82) is 0 Å². The van der Waals surface area contributed by atoms with Gasteiger partial charge >= 0.3 is 0 Å². The minimum Gasteiger partial charge on any atom is -0.495 e. The second-order valence-corrected chi connectivity index (χ2v) is 5.01. The Kier molecular flexibility index (Phi) is 6.68. The van der Waals surface area contributed by atoms with Gasteiger partial charge in [0, 0.05) is 6.04 Å². The number of ether oxygens (including phenoxy) is 1. The Morgan fingerprint density at radius 3 is 2.48 bits per heavy atom. The molecular formula is C15H23N3O3. The van der Waals surface area contributed by atoms with Crippen LogP contribution in [0.25, 0.3) is 0 Å². The van der Waals surface area contributed by atoms with Crippen molar-refractivity contribution in [3.8, 4) is 5.75 Å². The molecular weight excluding hydrogens is 270 g/mol. The van der Waals surface area contributed by atoms with E-state index in [1.54, 1.807) is 26.2 Å². The lowest BCUT2D eigenvalue weighted by Crippen LogP contribution is -2.46. The topological polar surface area (TPSA) is 79.5 Å². The molecule has 1 rings (SSSR count). The van der Waals surface area contributed by atoms with E-state index in [0.29, 0.717) is 11.4 Å². The van der Waals surface area contributed by atoms with Crippen LogP contribution < -0.4 is 20.7 Å². The number of carbonyl (C=O) groups is 2. The van der Waals surface area contributed by atoms with Gasteiger partial charge in [-0.3, -0.25) is 14.9 Å². The van der Waals surface area contributed by atoms with Crippen LogP contribution in [-0.4, -0.2) is 37.6 Å². The second kappa shape index (κ2) is 8.26. The monoisotopic (exact) mass is 293 g/mol. The van der Waals surface area contributed by atoms with Crippen LogP contribution in [0.15, 0.2) is 24.3 Å². The molecule has 0 bridgehead atoms. The molecule has 0 radical (unpaired) electrons. The molecule has 116 valence electrons. The van der Waals surface area contributed by atoms with E-state index in [-0.39, 0.29) is 24.4 Å². The summed E-state index contributed by atoms with van der Waals surface area (Å²) >= 11 is 0. The van der Waals surface area contributed by atoms with Gasteiger partial charge in [0.1, 0.15) is 5.75 Å². The lowest BCUT2D eigenvalue weighted by molar-refractivity contribution is -0.123. The first-order valence-electron chi connectivity index (χ1n) is 6.90. The van der Waals surface area contributed by atoms with E-state index in [9.17, 15) is 9.59 Å². The summed E-state index contributed by atoms with van der Waals surface area (Å²) < 4.78 is 5.15. The second-order valence-electron chi connectivity index (χ2n) is 5.01. The van der Waals surface area contributed by atoms with E-state index in [1.165, 1.54) is 0 Å². The highest BCUT2D eigenvalue weighted by molar-refractivity contribution is 5.94. The first-order chi connectivity index (χ1) is 9.93. The quantitative estimate of drug-likeness (QED) is 0.704. The van der Waals surface area contributed by atoms with Crippen molar-refractivity contribution in [2.75, 3.05) is 19.0 Å². The number of nitrogens with one attached hydrogen (secondary N) is 3. The number of methoxy groups -OCH3 is 1. The van der Waals surface area contributed by atoms with Gasteiger partial charge in [0.25, 0.3) is 0 Å². The van der Waals surface area contributed by atoms with Crippen LogP contribution >= 0.6 is 0 Å². The van der Waals surface area contributed by atoms with Gasteiger partial charge in [0.15, 0.2) is 0 Å². The Bertz CT molecular complexity index is 489. The predicted molar refractivity (Wildman–Crippen MR) is 82.4 cm³/mol. The number of anilines is 1. The minimum atomic E-state index is -0.434. The molecule has 0 saturated heterocycles. The Balaban J connectivity index is 2.45. The van der Waals surface area contributed by atoms with E-state index >= 15 is 0 Å². The number of benzene rings is 1. The number of amides is 2. The molecule has 0 aliphatic carbocycles. The SMILES string of the molecule is COc1ccccc1NC(=O)CNC(C)C(=O)NC(C)C. The van der Waals surface area contributed by atoms with Gasteiger partial charge < -0.3 is 15.4 Å². The van der Waals surface area contributed by atoms with E-state index in [0.717, 1.165) is 0 Å². The lowest BCUT2D eigenvalue weighted by atomic mass is 10.2. The zero-order valence-corrected chi connectivity index (χ0v) is 12.9. The van der Waals surface area contributed by atoms with Gasteiger partial charge in [-0.15, -0.1) is 0 Å². The van der Waals surface area contributed by atoms with Gasteiger partial charge in [-0.2, -0.15) is 0 Å². The predicted octanol–water partition coefficient (Wildman–Crippen LogP) is 1.14. The molecule has 1 aromatic rings. The molecule has 0 aliphatic heterocycles. The molecule has 1 atom stereocenters. The lowest BCUT2D eigenvalue weighted by Gasteiger charge is -2.16. The highest BCUT2D eigenvalue weighted by Gasteiger charge is 2.14. The Morgan fingerprint density at radius 1 is 1.19 bits per heavy atom. The molecule has 1 aromatic carbocycles. The highest BCUT2D eigenvalue weighted by atomic mass is 16.5. The number of hydrogen-bond donors (Lipinski definition) is 3. The zero-order chi connectivity index (χ0) is 15.8. The fourth-order valence-electron chi connectivity index (χ4n) is 1.69. The molecule has 0 aromatic heterocycles. The molecule has 21 heavy (non-hydrogen) atoms. The third kappa shape index (κ3) is 5.83. The zero-order valence-electron chi connectivity index (χ0n) is 12.9. The van der Waals surface area contributed by atoms with Crippen LogP contribution in [0.2, 0.25) is 0 Å². The maximum absolute atomic E-state index is 11.9. The summed E-state index contributed by atoms with van der Waals surface area (Å²) in [6.07, 6.45) is 0. The summed E-state index contributed by atoms with van der Waals surface area (Å²) in [7, 11) is 1.54. The van der Waals surface area contributed by atoms with Crippen molar-refractivity contribution < 1.29 is 14.3 Å². The van der Waals surface area contributed by atoms with Gasteiger partial charge in [-0.25, -0.2) is 0 Å². The molecule has 1 unspecified atom stereocenters. The first kappa shape index (κ1) is 17.0. The number of carbonyl (C=O) groups excluding carboxylic acids is 2. The third-order valence-electron chi connectivity index (χ3n) is 2.77. The fourth-order valence-corrected chi connectivity index (χ4v) is 1.69. The van der Waals surface area contributed by atoms with Crippen LogP contribution in [0.1, 0.15) is 20.8 Å². The molecule has 2 amide bonds. The standard InChI is InChI=1S/C15H23N3O3/c1-10(2)17-15(20)11(3)16-9-14(19)18-12-7-5-6-8-13(12)21-4/h5-8,10-11,16H,9H2,1-4H3,(H,17,20)(H,18,19). The van der Waals surface area contributed by atoms with E-state index < -0.39 is 6.04 Å². The summed E-state index contributed by atoms with van der Waals surface area (Å²) in [4.78, 5) is 23.6. The van der Waals surface area contributed by atoms with Gasteiger partial charge in [0.05, 0.1) is 25.4 Å². The molecule has 6 nitrogen and oxygen atoms in total. The summed E-state index contributed by atoms with van der Waals surface area (Å²) in [5.41, 5.74) is 0.603. The number of rotatable bonds is 7. The average molecular weight is 293 g/mol. The summed E-state index contributed by atoms with van der Waals surface area (Å²) in [5, 5.41) is 8.40. The van der Waals surface area contributed by atoms with Gasteiger partial charge in [-0.05, 0) is 32.9 Å². The normalized spacial score (nSPS) is 11.9. The Morgan fingerprint density at radius 2 is 1.86 bits per heavy atom. The van der Waals surface area contributed by atoms with E-state index in [4.69, 9.17) is 4.74 Å². The third-order valence-corrected chi connectivity index (χ3v) is 2.77. The van der Waals surface area contributed by atoms with Crippen molar-refractivity contribution in [2.45, 2.75) is 32.9 Å². The van der Waals surface area contributed by atoms with Crippen LogP contribution in [0.5, 0.6) is 5.75 Å². The van der Waals surface area contributed by atoms with Crippen LogP contribution in [0.3, 0.4) is 0 Å². The molecule has 6 heteroatoms. The van der Waals surface area contributed by atoms with E-state index in [1.807, 2.05) is 26.0 Å². The van der Waals surface area contributed by atoms with Crippen molar-refractivity contribution in [2.24, 2.45) is 0 Å². The van der Waals surface area contributed by atoms with Gasteiger partial charge in [-0.1, -0.05) is 12.1 Å². The largest absolute Gasteiger partial charge is 0.495 e.